The van der Waals surface area contributed by atoms with Crippen LogP contribution in [-0.2, 0) is 4.57 Å². The fourth-order valence-electron chi connectivity index (χ4n) is 0. The molecule has 14 heavy (non-hydrogen) atoms. The van der Waals surface area contributed by atoms with Gasteiger partial charge in [0.05, 0.1) is 0 Å². The van der Waals surface area contributed by atoms with Crippen molar-refractivity contribution in [3.63, 3.8) is 0 Å². The first-order valence-corrected chi connectivity index (χ1v) is 2.73. The van der Waals surface area contributed by atoms with Gasteiger partial charge in [0.25, 0.3) is 0 Å². The molecule has 0 aromatic heterocycles. The third-order valence-electron chi connectivity index (χ3n) is 0. The third-order valence-corrected chi connectivity index (χ3v) is 0. The summed E-state index contributed by atoms with van der Waals surface area (Å²) in [4.78, 5) is 29.7. The summed E-state index contributed by atoms with van der Waals surface area (Å²) in [6.07, 6.45) is 0. The van der Waals surface area contributed by atoms with Crippen LogP contribution in [0.3, 0.4) is 0 Å². The molecule has 0 aromatic rings. The third kappa shape index (κ3) is 197. The largest absolute Gasteiger partial charge is 1.00 e. The van der Waals surface area contributed by atoms with E-state index in [0.717, 1.165) is 0 Å². The molecule has 0 saturated carbocycles. The van der Waals surface area contributed by atoms with E-state index in [1.807, 2.05) is 0 Å². The number of phosphoric acid groups is 1. The zero-order valence-electron chi connectivity index (χ0n) is 14.0. The Balaban J connectivity index is -0.00000000224. The number of hydrogen-bond acceptors (Lipinski definition) is 3. The van der Waals surface area contributed by atoms with E-state index in [4.69, 9.17) is 29.4 Å². The molecule has 0 rings (SSSR count). The Hall–Kier alpha value is 4.47. The fourth-order valence-corrected chi connectivity index (χ4v) is 0. The maximum atomic E-state index is 8.88. The predicted molar refractivity (Wildman–Crippen MR) is 31.0 cm³/mol. The molecule has 0 unspecified atom stereocenters. The molecular formula is H11NNa5O7P. The van der Waals surface area contributed by atoms with Crippen molar-refractivity contribution < 1.29 is 185 Å². The molecule has 0 fully saturated rings. The van der Waals surface area contributed by atoms with Gasteiger partial charge in [-0.3, -0.25) is 0 Å². The summed E-state index contributed by atoms with van der Waals surface area (Å²) in [6.45, 7) is 0. The van der Waals surface area contributed by atoms with Gasteiger partial charge < -0.3 is 32.5 Å². The fraction of sp³-hybridized carbons (Fsp3) is 0. The van der Waals surface area contributed by atoms with Gasteiger partial charge in [-0.05, 0) is 0 Å². The second-order valence-corrected chi connectivity index (χ2v) is 1.62. The smallest absolute Gasteiger partial charge is 1.00 e. The van der Waals surface area contributed by atoms with Crippen molar-refractivity contribution in [2.45, 2.75) is 0 Å². The minimum atomic E-state index is -4.64. The summed E-state index contributed by atoms with van der Waals surface area (Å²) < 4.78 is 8.88. The zero-order chi connectivity index (χ0) is 7.21. The van der Waals surface area contributed by atoms with Crippen molar-refractivity contribution in [1.82, 2.24) is 0 Å². The van der Waals surface area contributed by atoms with Gasteiger partial charge in [0.1, 0.15) is 0 Å². The number of nitrogens with zero attached hydrogens (tertiary/aromatic N) is 1. The quantitative estimate of drug-likeness (QED) is 0.149. The van der Waals surface area contributed by atoms with Gasteiger partial charge in [0, 0.05) is 0 Å². The molecule has 68 valence electrons. The van der Waals surface area contributed by atoms with E-state index in [-0.39, 0.29) is 160 Å². The van der Waals surface area contributed by atoms with Crippen LogP contribution in [0.25, 0.3) is 0 Å². The Morgan fingerprint density at radius 3 is 0.929 bits per heavy atom. The molecule has 14 heteroatoms. The van der Waals surface area contributed by atoms with Crippen molar-refractivity contribution >= 4 is 7.82 Å². The molecule has 0 aromatic carbocycles. The molecule has 0 aliphatic heterocycles. The normalized spacial score (nSPS) is 5.07. The van der Waals surface area contributed by atoms with Crippen LogP contribution in [0.5, 0.6) is 0 Å². The molecule has 8 nitrogen and oxygen atoms in total. The van der Waals surface area contributed by atoms with E-state index in [9.17, 15) is 0 Å². The van der Waals surface area contributed by atoms with Gasteiger partial charge in [0.15, 0.2) is 5.34 Å². The van der Waals surface area contributed by atoms with E-state index in [0.29, 0.717) is 0 Å². The maximum Gasteiger partial charge on any atom is 1.00 e. The van der Waals surface area contributed by atoms with Crippen molar-refractivity contribution in [2.75, 3.05) is 0 Å². The van der Waals surface area contributed by atoms with Gasteiger partial charge in [-0.15, -0.1) is 4.91 Å². The van der Waals surface area contributed by atoms with Gasteiger partial charge in [-0.2, -0.15) is 0 Å². The van der Waals surface area contributed by atoms with Gasteiger partial charge in [-0.1, -0.05) is 0 Å². The van der Waals surface area contributed by atoms with E-state index in [1.165, 1.54) is 5.34 Å². The Morgan fingerprint density at radius 2 is 0.929 bits per heavy atom. The second kappa shape index (κ2) is 36.0. The average Bonchev–Trinajstić information content (AvgIpc) is 1.27. The molecule has 0 spiro atoms. The molecular weight excluding hydrogens is 272 g/mol. The van der Waals surface area contributed by atoms with E-state index in [2.05, 4.69) is 0 Å². The average molecular weight is 283 g/mol. The van der Waals surface area contributed by atoms with E-state index in [1.54, 1.807) is 0 Å². The van der Waals surface area contributed by atoms with Gasteiger partial charge >= 0.3 is 156 Å². The van der Waals surface area contributed by atoms with Crippen LogP contribution in [-0.4, -0.2) is 25.4 Å². The Kier molecular flexibility index (Phi) is 132. The molecule has 0 amide bonds. The molecule has 6 N–H and O–H groups in total. The first-order valence-electron chi connectivity index (χ1n) is 1.17. The topological polar surface area (TPSA) is 159 Å². The van der Waals surface area contributed by atoms with Crippen LogP contribution in [0.4, 0.5) is 0 Å². The SMILES string of the molecule is O.O=NO.O=P(O)(O)O.[H-].[H-].[H-].[H-].[H-].[Na+].[Na+].[Na+].[Na+].[Na+]. The first kappa shape index (κ1) is 51.4. The first-order chi connectivity index (χ1) is 3.41. The summed E-state index contributed by atoms with van der Waals surface area (Å²) >= 11 is 0. The Bertz CT molecular complexity index is 112. The number of hydrogen-bond donors (Lipinski definition) is 4. The van der Waals surface area contributed by atoms with Crippen LogP contribution in [0.15, 0.2) is 5.34 Å². The van der Waals surface area contributed by atoms with Gasteiger partial charge in [-0.25, -0.2) is 4.57 Å². The molecule has 0 heterocycles. The molecule has 0 radical (unpaired) electrons. The Labute approximate surface area is 199 Å². The van der Waals surface area contributed by atoms with Crippen molar-refractivity contribution in [3.05, 3.63) is 4.91 Å². The second-order valence-electron chi connectivity index (χ2n) is 0.595. The summed E-state index contributed by atoms with van der Waals surface area (Å²) in [7, 11) is -4.64. The van der Waals surface area contributed by atoms with Crippen LogP contribution in [0, 0.1) is 4.91 Å². The van der Waals surface area contributed by atoms with Gasteiger partial charge in [0.2, 0.25) is 0 Å². The summed E-state index contributed by atoms with van der Waals surface area (Å²) in [5, 5.41) is 7.89. The van der Waals surface area contributed by atoms with Crippen LogP contribution in [0.1, 0.15) is 7.13 Å². The minimum Gasteiger partial charge on any atom is -1.00 e. The Morgan fingerprint density at radius 1 is 0.929 bits per heavy atom. The van der Waals surface area contributed by atoms with E-state index < -0.39 is 7.82 Å². The van der Waals surface area contributed by atoms with Crippen LogP contribution >= 0.6 is 7.82 Å². The van der Waals surface area contributed by atoms with Crippen LogP contribution in [0.2, 0.25) is 0 Å². The monoisotopic (exact) mass is 283 g/mol. The summed E-state index contributed by atoms with van der Waals surface area (Å²) in [6, 6.07) is 0. The molecule has 0 aliphatic carbocycles. The van der Waals surface area contributed by atoms with E-state index >= 15 is 0 Å². The van der Waals surface area contributed by atoms with Crippen molar-refractivity contribution in [3.8, 4) is 0 Å². The summed E-state index contributed by atoms with van der Waals surface area (Å²) in [5.74, 6) is 0. The minimum absolute atomic E-state index is 0. The molecule has 0 aliphatic rings. The van der Waals surface area contributed by atoms with Crippen molar-refractivity contribution in [1.29, 1.82) is 0 Å². The molecule has 0 saturated heterocycles. The standard InChI is InChI=1S/HNO2.5Na.H3O4P.H2O.5H/c2-1-3;;;;;;1-5(2,3)4;;;;;;/h(H,2,3);;;;;;(H3,1,2,3,4);1H2;;;;;/q;5*+1;;;5*-1. The van der Waals surface area contributed by atoms with Crippen LogP contribution < -0.4 is 148 Å². The molecule has 0 bridgehead atoms. The predicted octanol–water partition coefficient (Wildman–Crippen LogP) is -16.0. The maximum absolute atomic E-state index is 8.88. The molecule has 0 atom stereocenters. The number of rotatable bonds is 0. The zero-order valence-corrected chi connectivity index (χ0v) is 19.9. The summed E-state index contributed by atoms with van der Waals surface area (Å²) in [5.41, 5.74) is 0. The van der Waals surface area contributed by atoms with Crippen molar-refractivity contribution in [2.24, 2.45) is 5.34 Å².